The molecule has 0 amide bonds. The Morgan fingerprint density at radius 2 is 2.12 bits per heavy atom. The zero-order chi connectivity index (χ0) is 18.3. The second-order valence-electron chi connectivity index (χ2n) is 9.00. The minimum absolute atomic E-state index is 0.00492. The van der Waals surface area contributed by atoms with Gasteiger partial charge in [-0.05, 0) is 86.0 Å². The molecule has 3 aliphatic carbocycles. The number of fused-ring (bicyclic) bond motifs is 5. The van der Waals surface area contributed by atoms with Crippen molar-refractivity contribution in [3.63, 3.8) is 0 Å². The number of ether oxygens (including phenoxy) is 1. The molecule has 0 radical (unpaired) electrons. The van der Waals surface area contributed by atoms with Crippen LogP contribution in [0.15, 0.2) is 18.2 Å². The average Bonchev–Trinajstić information content (AvgIpc) is 2.96. The fourth-order valence-corrected chi connectivity index (χ4v) is 6.25. The lowest BCUT2D eigenvalue weighted by atomic mass is 9.55. The van der Waals surface area contributed by atoms with E-state index in [2.05, 4.69) is 19.9 Å². The van der Waals surface area contributed by atoms with Crippen molar-refractivity contribution in [3.05, 3.63) is 29.3 Å². The van der Waals surface area contributed by atoms with Crippen LogP contribution < -0.4 is 0 Å². The molecule has 26 heavy (non-hydrogen) atoms. The van der Waals surface area contributed by atoms with Crippen molar-refractivity contribution in [2.24, 2.45) is 17.3 Å². The summed E-state index contributed by atoms with van der Waals surface area (Å²) >= 11 is 0. The van der Waals surface area contributed by atoms with Gasteiger partial charge in [0.2, 0.25) is 0 Å². The van der Waals surface area contributed by atoms with Gasteiger partial charge in [-0.1, -0.05) is 26.3 Å². The predicted molar refractivity (Wildman–Crippen MR) is 102 cm³/mol. The highest BCUT2D eigenvalue weighted by atomic mass is 16.5. The van der Waals surface area contributed by atoms with Crippen molar-refractivity contribution in [1.29, 1.82) is 0 Å². The Labute approximate surface area is 157 Å². The molecule has 142 valence electrons. The van der Waals surface area contributed by atoms with Gasteiger partial charge in [-0.15, -0.1) is 0 Å². The SMILES string of the molecule is CCCCC(=O)O[C@@H]1CC[C@@H]2[C@H]3CCc4cc(O)ccc4[C@@H]3CC[C@]21C. The quantitative estimate of drug-likeness (QED) is 0.740. The normalized spacial score (nSPS) is 35.3. The Morgan fingerprint density at radius 3 is 2.92 bits per heavy atom. The Kier molecular flexibility index (Phi) is 4.75. The first-order valence-electron chi connectivity index (χ1n) is 10.5. The number of unbranched alkanes of at least 4 members (excludes halogenated alkanes) is 1. The largest absolute Gasteiger partial charge is 0.508 e. The number of hydrogen-bond donors (Lipinski definition) is 1. The van der Waals surface area contributed by atoms with Gasteiger partial charge in [0.1, 0.15) is 11.9 Å². The number of hydrogen-bond acceptors (Lipinski definition) is 3. The minimum Gasteiger partial charge on any atom is -0.508 e. The summed E-state index contributed by atoms with van der Waals surface area (Å²) in [4.78, 5) is 12.2. The topological polar surface area (TPSA) is 46.5 Å². The monoisotopic (exact) mass is 356 g/mol. The molecule has 1 aromatic rings. The summed E-state index contributed by atoms with van der Waals surface area (Å²) in [5, 5.41) is 9.81. The van der Waals surface area contributed by atoms with Crippen molar-refractivity contribution >= 4 is 5.97 Å². The van der Waals surface area contributed by atoms with Crippen molar-refractivity contribution in [2.75, 3.05) is 0 Å². The maximum atomic E-state index is 12.2. The predicted octanol–water partition coefficient (Wildman–Crippen LogP) is 5.35. The molecule has 3 aliphatic rings. The van der Waals surface area contributed by atoms with E-state index in [1.54, 1.807) is 0 Å². The van der Waals surface area contributed by atoms with E-state index in [0.29, 0.717) is 29.9 Å². The number of esters is 1. The molecule has 3 nitrogen and oxygen atoms in total. The molecule has 0 saturated heterocycles. The lowest BCUT2D eigenvalue weighted by Gasteiger charge is -2.50. The first-order valence-corrected chi connectivity index (χ1v) is 10.5. The lowest BCUT2D eigenvalue weighted by molar-refractivity contribution is -0.157. The Morgan fingerprint density at radius 1 is 1.27 bits per heavy atom. The van der Waals surface area contributed by atoms with Crippen molar-refractivity contribution in [2.45, 2.75) is 83.7 Å². The van der Waals surface area contributed by atoms with Crippen molar-refractivity contribution in [1.82, 2.24) is 0 Å². The summed E-state index contributed by atoms with van der Waals surface area (Å²) < 4.78 is 5.98. The van der Waals surface area contributed by atoms with E-state index in [1.165, 1.54) is 30.4 Å². The smallest absolute Gasteiger partial charge is 0.306 e. The molecule has 0 unspecified atom stereocenters. The maximum Gasteiger partial charge on any atom is 0.306 e. The van der Waals surface area contributed by atoms with E-state index in [1.807, 2.05) is 12.1 Å². The Hall–Kier alpha value is -1.51. The Bertz CT molecular complexity index is 682. The van der Waals surface area contributed by atoms with E-state index >= 15 is 0 Å². The van der Waals surface area contributed by atoms with E-state index in [0.717, 1.165) is 32.1 Å². The molecule has 1 N–H and O–H groups in total. The Balaban J connectivity index is 1.51. The van der Waals surface area contributed by atoms with Gasteiger partial charge >= 0.3 is 5.97 Å². The standard InChI is InChI=1S/C23H32O3/c1-3-4-5-22(25)26-21-11-10-20-19-8-6-15-14-16(24)7-9-17(15)18(19)12-13-23(20,21)2/h7,9,14,18-21,24H,3-6,8,10-13H2,1-2H3/t18-,19-,20+,21+,23+/m0/s1. The summed E-state index contributed by atoms with van der Waals surface area (Å²) in [5.41, 5.74) is 2.96. The van der Waals surface area contributed by atoms with E-state index < -0.39 is 0 Å². The molecule has 0 heterocycles. The van der Waals surface area contributed by atoms with Crippen LogP contribution in [0.25, 0.3) is 0 Å². The average molecular weight is 357 g/mol. The second kappa shape index (κ2) is 6.90. The number of phenols is 1. The van der Waals surface area contributed by atoms with Gasteiger partial charge in [0.05, 0.1) is 0 Å². The number of phenolic OH excluding ortho intramolecular Hbond substituents is 1. The van der Waals surface area contributed by atoms with E-state index in [-0.39, 0.29) is 17.5 Å². The maximum absolute atomic E-state index is 12.2. The van der Waals surface area contributed by atoms with Gasteiger partial charge in [0.15, 0.2) is 0 Å². The first kappa shape index (κ1) is 17.9. The van der Waals surface area contributed by atoms with Crippen LogP contribution in [0.1, 0.15) is 82.3 Å². The van der Waals surface area contributed by atoms with Gasteiger partial charge in [-0.2, -0.15) is 0 Å². The summed E-state index contributed by atoms with van der Waals surface area (Å²) in [6, 6.07) is 5.97. The van der Waals surface area contributed by atoms with Gasteiger partial charge in [-0.3, -0.25) is 4.79 Å². The van der Waals surface area contributed by atoms with Crippen LogP contribution >= 0.6 is 0 Å². The molecule has 2 fully saturated rings. The number of carbonyl (C=O) groups excluding carboxylic acids is 1. The summed E-state index contributed by atoms with van der Waals surface area (Å²) in [7, 11) is 0. The van der Waals surface area contributed by atoms with Crippen LogP contribution in [0.5, 0.6) is 5.75 Å². The molecular weight excluding hydrogens is 324 g/mol. The van der Waals surface area contributed by atoms with Crippen LogP contribution in [-0.2, 0) is 16.0 Å². The molecule has 4 rings (SSSR count). The second-order valence-corrected chi connectivity index (χ2v) is 9.00. The molecule has 0 bridgehead atoms. The fourth-order valence-electron chi connectivity index (χ4n) is 6.25. The highest BCUT2D eigenvalue weighted by Gasteiger charge is 2.56. The summed E-state index contributed by atoms with van der Waals surface area (Å²) in [6.45, 7) is 4.49. The van der Waals surface area contributed by atoms with Crippen molar-refractivity contribution < 1.29 is 14.6 Å². The number of aromatic hydroxyl groups is 1. The molecule has 3 heteroatoms. The zero-order valence-corrected chi connectivity index (χ0v) is 16.2. The molecule has 5 atom stereocenters. The van der Waals surface area contributed by atoms with Crippen LogP contribution in [0, 0.1) is 17.3 Å². The molecule has 2 saturated carbocycles. The minimum atomic E-state index is 0.00492. The first-order chi connectivity index (χ1) is 12.5. The van der Waals surface area contributed by atoms with E-state index in [4.69, 9.17) is 4.74 Å². The highest BCUT2D eigenvalue weighted by molar-refractivity contribution is 5.69. The lowest BCUT2D eigenvalue weighted by Crippen LogP contribution is -2.45. The molecule has 0 aromatic heterocycles. The van der Waals surface area contributed by atoms with Crippen LogP contribution in [0.2, 0.25) is 0 Å². The van der Waals surface area contributed by atoms with Gasteiger partial charge in [0.25, 0.3) is 0 Å². The third kappa shape index (κ3) is 2.93. The number of aryl methyl sites for hydroxylation is 1. The van der Waals surface area contributed by atoms with Gasteiger partial charge < -0.3 is 9.84 Å². The highest BCUT2D eigenvalue weighted by Crippen LogP contribution is 2.61. The number of benzene rings is 1. The van der Waals surface area contributed by atoms with Crippen molar-refractivity contribution in [3.8, 4) is 5.75 Å². The summed E-state index contributed by atoms with van der Waals surface area (Å²) in [5.74, 6) is 2.37. The van der Waals surface area contributed by atoms with Crippen LogP contribution in [0.3, 0.4) is 0 Å². The fraction of sp³-hybridized carbons (Fsp3) is 0.696. The van der Waals surface area contributed by atoms with Crippen LogP contribution in [-0.4, -0.2) is 17.2 Å². The molecule has 0 spiro atoms. The molecular formula is C23H32O3. The van der Waals surface area contributed by atoms with E-state index in [9.17, 15) is 9.90 Å². The molecule has 0 aliphatic heterocycles. The van der Waals surface area contributed by atoms with Gasteiger partial charge in [0, 0.05) is 11.8 Å². The van der Waals surface area contributed by atoms with Crippen LogP contribution in [0.4, 0.5) is 0 Å². The number of rotatable bonds is 4. The molecule has 1 aromatic carbocycles. The summed E-state index contributed by atoms with van der Waals surface area (Å²) in [6.07, 6.45) is 9.47. The number of carbonyl (C=O) groups is 1. The third-order valence-corrected chi connectivity index (χ3v) is 7.63. The van der Waals surface area contributed by atoms with Gasteiger partial charge in [-0.25, -0.2) is 0 Å². The third-order valence-electron chi connectivity index (χ3n) is 7.63. The zero-order valence-electron chi connectivity index (χ0n) is 16.2.